The third-order valence-corrected chi connectivity index (χ3v) is 6.29. The van der Waals surface area contributed by atoms with Crippen molar-refractivity contribution in [3.8, 4) is 11.5 Å². The molecule has 5 rings (SSSR count). The van der Waals surface area contributed by atoms with E-state index in [0.717, 1.165) is 10.8 Å². The highest BCUT2D eigenvalue weighted by Gasteiger charge is 2.51. The highest BCUT2D eigenvalue weighted by atomic mass is 79.9. The SMILES string of the molecule is COc1c(Br)c2c(c3ccccc13)OC1(C)C(=O)c3ccccc3C(=O)C1=C2. The fourth-order valence-electron chi connectivity index (χ4n) is 4.08. The highest BCUT2D eigenvalue weighted by Crippen LogP contribution is 2.51. The number of halogens is 1. The summed E-state index contributed by atoms with van der Waals surface area (Å²) >= 11 is 3.60. The monoisotopic (exact) mass is 434 g/mol. The second-order valence-electron chi connectivity index (χ2n) is 7.03. The average molecular weight is 435 g/mol. The van der Waals surface area contributed by atoms with Crippen molar-refractivity contribution in [2.45, 2.75) is 12.5 Å². The van der Waals surface area contributed by atoms with Gasteiger partial charge in [-0.3, -0.25) is 9.59 Å². The second kappa shape index (κ2) is 5.79. The van der Waals surface area contributed by atoms with Gasteiger partial charge in [0.15, 0.2) is 11.4 Å². The summed E-state index contributed by atoms with van der Waals surface area (Å²) in [7, 11) is 1.60. The Balaban J connectivity index is 1.87. The molecule has 3 aromatic rings. The van der Waals surface area contributed by atoms with Crippen molar-refractivity contribution < 1.29 is 19.1 Å². The van der Waals surface area contributed by atoms with Crippen LogP contribution in [0.5, 0.6) is 11.5 Å². The van der Waals surface area contributed by atoms with Gasteiger partial charge < -0.3 is 9.47 Å². The van der Waals surface area contributed by atoms with Crippen LogP contribution in [0.3, 0.4) is 0 Å². The van der Waals surface area contributed by atoms with Gasteiger partial charge in [0.2, 0.25) is 5.78 Å². The number of fused-ring (bicyclic) bond motifs is 5. The van der Waals surface area contributed by atoms with Gasteiger partial charge in [0.05, 0.1) is 17.2 Å². The van der Waals surface area contributed by atoms with Gasteiger partial charge in [-0.25, -0.2) is 0 Å². The predicted molar refractivity (Wildman–Crippen MR) is 110 cm³/mol. The van der Waals surface area contributed by atoms with Crippen LogP contribution in [-0.4, -0.2) is 24.3 Å². The molecule has 2 aliphatic rings. The molecular weight excluding hydrogens is 420 g/mol. The Bertz CT molecular complexity index is 1240. The molecule has 3 aromatic carbocycles. The number of carbonyl (C=O) groups excluding carboxylic acids is 2. The number of hydrogen-bond donors (Lipinski definition) is 0. The molecule has 1 heterocycles. The number of Topliss-reactive ketones (excluding diaryl/α,β-unsaturated/α-hetero) is 2. The summed E-state index contributed by atoms with van der Waals surface area (Å²) in [6.07, 6.45) is 1.76. The summed E-state index contributed by atoms with van der Waals surface area (Å²) in [5, 5.41) is 1.69. The number of ketones is 2. The molecule has 0 radical (unpaired) electrons. The van der Waals surface area contributed by atoms with E-state index in [0.29, 0.717) is 38.2 Å². The minimum Gasteiger partial charge on any atom is -0.495 e. The van der Waals surface area contributed by atoms with E-state index in [9.17, 15) is 9.59 Å². The Labute approximate surface area is 169 Å². The zero-order valence-corrected chi connectivity index (χ0v) is 16.8. The summed E-state index contributed by atoms with van der Waals surface area (Å²) in [4.78, 5) is 26.5. The number of methoxy groups -OCH3 is 1. The van der Waals surface area contributed by atoms with Crippen molar-refractivity contribution in [1.82, 2.24) is 0 Å². The first-order chi connectivity index (χ1) is 13.5. The molecule has 0 amide bonds. The molecule has 0 spiro atoms. The van der Waals surface area contributed by atoms with Crippen LogP contribution in [0.15, 0.2) is 58.6 Å². The smallest absolute Gasteiger partial charge is 0.211 e. The third kappa shape index (κ3) is 2.05. The topological polar surface area (TPSA) is 52.6 Å². The summed E-state index contributed by atoms with van der Waals surface area (Å²) in [6.45, 7) is 1.67. The van der Waals surface area contributed by atoms with Gasteiger partial charge >= 0.3 is 0 Å². The van der Waals surface area contributed by atoms with Crippen molar-refractivity contribution in [1.29, 1.82) is 0 Å². The van der Waals surface area contributed by atoms with Gasteiger partial charge in [0.25, 0.3) is 0 Å². The summed E-state index contributed by atoms with van der Waals surface area (Å²) in [5.74, 6) is 0.821. The maximum atomic E-state index is 13.3. The molecule has 4 nitrogen and oxygen atoms in total. The quantitative estimate of drug-likeness (QED) is 0.526. The van der Waals surface area contributed by atoms with Crippen LogP contribution in [0.1, 0.15) is 33.2 Å². The molecule has 0 aromatic heterocycles. The van der Waals surface area contributed by atoms with Crippen molar-refractivity contribution in [3.05, 3.63) is 75.3 Å². The summed E-state index contributed by atoms with van der Waals surface area (Å²) in [5.41, 5.74) is 0.472. The zero-order valence-electron chi connectivity index (χ0n) is 15.2. The Morgan fingerprint density at radius 3 is 2.32 bits per heavy atom. The number of ether oxygens (including phenoxy) is 2. The molecule has 1 unspecified atom stereocenters. The molecule has 0 fully saturated rings. The normalized spacial score (nSPS) is 20.0. The first-order valence-electron chi connectivity index (χ1n) is 8.85. The fourth-order valence-corrected chi connectivity index (χ4v) is 4.75. The minimum atomic E-state index is -1.37. The standard InChI is InChI=1S/C23H15BrO4/c1-23-17(19(25)12-7-3-6-10-15(12)22(23)26)11-16-18(24)21(27-2)14-9-5-4-8-13(14)20(16)28-23/h3-11H,1-2H3. The molecular formula is C23H15BrO4. The lowest BCUT2D eigenvalue weighted by Crippen LogP contribution is -2.50. The van der Waals surface area contributed by atoms with Crippen LogP contribution in [0.25, 0.3) is 16.8 Å². The molecule has 0 bridgehead atoms. The van der Waals surface area contributed by atoms with Crippen LogP contribution >= 0.6 is 15.9 Å². The van der Waals surface area contributed by atoms with Crippen LogP contribution in [0.4, 0.5) is 0 Å². The third-order valence-electron chi connectivity index (χ3n) is 5.50. The van der Waals surface area contributed by atoms with E-state index < -0.39 is 5.60 Å². The molecule has 5 heteroatoms. The number of benzene rings is 3. The predicted octanol–water partition coefficient (Wildman–Crippen LogP) is 5.22. The zero-order chi connectivity index (χ0) is 19.6. The van der Waals surface area contributed by atoms with Gasteiger partial charge in [-0.15, -0.1) is 0 Å². The Hall–Kier alpha value is -2.92. The lowest BCUT2D eigenvalue weighted by atomic mass is 9.73. The Morgan fingerprint density at radius 1 is 0.964 bits per heavy atom. The number of rotatable bonds is 1. The molecule has 0 saturated heterocycles. The first-order valence-corrected chi connectivity index (χ1v) is 9.64. The van der Waals surface area contributed by atoms with Crippen LogP contribution < -0.4 is 9.47 Å². The average Bonchev–Trinajstić information content (AvgIpc) is 2.72. The lowest BCUT2D eigenvalue weighted by Gasteiger charge is -2.39. The summed E-state index contributed by atoms with van der Waals surface area (Å²) < 4.78 is 12.6. The van der Waals surface area contributed by atoms with Crippen molar-refractivity contribution in [3.63, 3.8) is 0 Å². The largest absolute Gasteiger partial charge is 0.495 e. The molecule has 0 saturated carbocycles. The molecule has 138 valence electrons. The van der Waals surface area contributed by atoms with Gasteiger partial charge in [0, 0.05) is 27.5 Å². The van der Waals surface area contributed by atoms with Crippen LogP contribution in [-0.2, 0) is 0 Å². The number of carbonyl (C=O) groups is 2. The molecule has 1 aliphatic heterocycles. The van der Waals surface area contributed by atoms with Crippen molar-refractivity contribution >= 4 is 44.3 Å². The van der Waals surface area contributed by atoms with Gasteiger partial charge in [-0.05, 0) is 28.9 Å². The van der Waals surface area contributed by atoms with E-state index in [-0.39, 0.29) is 11.6 Å². The van der Waals surface area contributed by atoms with Crippen LogP contribution in [0, 0.1) is 0 Å². The second-order valence-corrected chi connectivity index (χ2v) is 7.83. The maximum absolute atomic E-state index is 13.3. The fraction of sp³-hybridized carbons (Fsp3) is 0.130. The molecule has 0 N–H and O–H groups in total. The van der Waals surface area contributed by atoms with Gasteiger partial charge in [-0.1, -0.05) is 48.5 Å². The Morgan fingerprint density at radius 2 is 1.61 bits per heavy atom. The van der Waals surface area contributed by atoms with E-state index in [1.165, 1.54) is 0 Å². The molecule has 1 atom stereocenters. The minimum absolute atomic E-state index is 0.192. The van der Waals surface area contributed by atoms with Crippen molar-refractivity contribution in [2.24, 2.45) is 0 Å². The highest BCUT2D eigenvalue weighted by molar-refractivity contribution is 9.10. The van der Waals surface area contributed by atoms with Crippen LogP contribution in [0.2, 0.25) is 0 Å². The lowest BCUT2D eigenvalue weighted by molar-refractivity contribution is 0.0583. The molecule has 1 aliphatic carbocycles. The molecule has 28 heavy (non-hydrogen) atoms. The maximum Gasteiger partial charge on any atom is 0.211 e. The first kappa shape index (κ1) is 17.2. The number of hydrogen-bond acceptors (Lipinski definition) is 4. The van der Waals surface area contributed by atoms with Gasteiger partial charge in [0.1, 0.15) is 11.5 Å². The summed E-state index contributed by atoms with van der Waals surface area (Å²) in [6, 6.07) is 14.6. The Kier molecular flexibility index (Phi) is 3.55. The van der Waals surface area contributed by atoms with Crippen molar-refractivity contribution in [2.75, 3.05) is 7.11 Å². The van der Waals surface area contributed by atoms with E-state index in [1.54, 1.807) is 44.4 Å². The van der Waals surface area contributed by atoms with E-state index in [4.69, 9.17) is 9.47 Å². The van der Waals surface area contributed by atoms with E-state index in [2.05, 4.69) is 15.9 Å². The van der Waals surface area contributed by atoms with E-state index >= 15 is 0 Å². The van der Waals surface area contributed by atoms with Gasteiger partial charge in [-0.2, -0.15) is 0 Å². The van der Waals surface area contributed by atoms with E-state index in [1.807, 2.05) is 24.3 Å².